The lowest BCUT2D eigenvalue weighted by molar-refractivity contribution is -0.0451. The third-order valence-corrected chi connectivity index (χ3v) is 5.13. The Morgan fingerprint density at radius 1 is 1.29 bits per heavy atom. The maximum absolute atomic E-state index is 5.89. The summed E-state index contributed by atoms with van der Waals surface area (Å²) in [6.45, 7) is 5.03. The van der Waals surface area contributed by atoms with Crippen LogP contribution in [0.2, 0.25) is 0 Å². The van der Waals surface area contributed by atoms with Crippen molar-refractivity contribution in [2.75, 3.05) is 25.5 Å². The smallest absolute Gasteiger partial charge is 0.0471 e. The molecule has 1 saturated carbocycles. The molecule has 14 heavy (non-hydrogen) atoms. The maximum Gasteiger partial charge on any atom is 0.0471 e. The number of thioether (sulfide) groups is 1. The average Bonchev–Trinajstić information content (AvgIpc) is 2.17. The Hall–Kier alpha value is 0.270. The van der Waals surface area contributed by atoms with Crippen LogP contribution in [-0.2, 0) is 4.74 Å². The first kappa shape index (κ1) is 10.8. The number of hydrogen-bond acceptors (Lipinski definition) is 3. The summed E-state index contributed by atoms with van der Waals surface area (Å²) < 4.78 is 5.85. The van der Waals surface area contributed by atoms with Crippen molar-refractivity contribution in [3.8, 4) is 0 Å². The van der Waals surface area contributed by atoms with Crippen LogP contribution in [0.3, 0.4) is 0 Å². The third-order valence-electron chi connectivity index (χ3n) is 3.77. The van der Waals surface area contributed by atoms with E-state index in [9.17, 15) is 0 Å². The zero-order valence-corrected chi connectivity index (χ0v) is 9.87. The molecular formula is C11H21NOS. The van der Waals surface area contributed by atoms with Crippen molar-refractivity contribution in [3.05, 3.63) is 0 Å². The fraction of sp³-hybridized carbons (Fsp3) is 1.00. The molecule has 1 saturated heterocycles. The molecule has 0 atom stereocenters. The molecule has 3 heteroatoms. The summed E-state index contributed by atoms with van der Waals surface area (Å²) in [6, 6.07) is 0. The van der Waals surface area contributed by atoms with Crippen LogP contribution in [0.25, 0.3) is 0 Å². The second kappa shape index (κ2) is 4.03. The summed E-state index contributed by atoms with van der Waals surface area (Å²) >= 11 is 2.07. The maximum atomic E-state index is 5.89. The van der Waals surface area contributed by atoms with Crippen molar-refractivity contribution in [1.29, 1.82) is 0 Å². The number of nitrogens with two attached hydrogens (primary N) is 1. The first-order valence-corrected chi connectivity index (χ1v) is 6.65. The second-order valence-corrected chi connectivity index (χ2v) is 6.52. The molecule has 2 fully saturated rings. The van der Waals surface area contributed by atoms with Gasteiger partial charge in [-0.3, -0.25) is 0 Å². The van der Waals surface area contributed by atoms with Crippen LogP contribution in [0.1, 0.15) is 32.6 Å². The van der Waals surface area contributed by atoms with Crippen molar-refractivity contribution < 1.29 is 4.74 Å². The lowest BCUT2D eigenvalue weighted by Gasteiger charge is -2.57. The number of ether oxygens (including phenoxy) is 1. The van der Waals surface area contributed by atoms with Crippen LogP contribution < -0.4 is 5.73 Å². The number of rotatable bonds is 3. The largest absolute Gasteiger partial charge is 0.381 e. The first-order chi connectivity index (χ1) is 6.74. The molecule has 2 aliphatic rings. The number of hydrogen-bond donors (Lipinski definition) is 1. The highest BCUT2D eigenvalue weighted by molar-refractivity contribution is 8.00. The van der Waals surface area contributed by atoms with Crippen LogP contribution in [0.5, 0.6) is 0 Å². The van der Waals surface area contributed by atoms with E-state index in [4.69, 9.17) is 10.5 Å². The fourth-order valence-electron chi connectivity index (χ4n) is 3.08. The van der Waals surface area contributed by atoms with E-state index in [0.717, 1.165) is 19.8 Å². The van der Waals surface area contributed by atoms with Gasteiger partial charge in [-0.1, -0.05) is 6.92 Å². The summed E-state index contributed by atoms with van der Waals surface area (Å²) in [4.78, 5) is 0. The fourth-order valence-corrected chi connectivity index (χ4v) is 4.63. The van der Waals surface area contributed by atoms with Crippen molar-refractivity contribution in [3.63, 3.8) is 0 Å². The Labute approximate surface area is 91.0 Å². The Bertz CT molecular complexity index is 186. The van der Waals surface area contributed by atoms with E-state index in [1.54, 1.807) is 0 Å². The zero-order valence-electron chi connectivity index (χ0n) is 9.05. The second-order valence-electron chi connectivity index (χ2n) is 4.79. The van der Waals surface area contributed by atoms with Crippen LogP contribution in [-0.4, -0.2) is 30.3 Å². The van der Waals surface area contributed by atoms with Crippen molar-refractivity contribution in [2.45, 2.75) is 37.4 Å². The Morgan fingerprint density at radius 2 is 1.93 bits per heavy atom. The molecule has 0 amide bonds. The van der Waals surface area contributed by atoms with E-state index in [0.29, 0.717) is 10.2 Å². The van der Waals surface area contributed by atoms with Gasteiger partial charge < -0.3 is 10.5 Å². The highest BCUT2D eigenvalue weighted by Crippen LogP contribution is 2.59. The molecule has 0 aromatic heterocycles. The summed E-state index contributed by atoms with van der Waals surface area (Å²) in [5.41, 5.74) is 6.50. The molecule has 0 aromatic rings. The van der Waals surface area contributed by atoms with Crippen molar-refractivity contribution in [1.82, 2.24) is 0 Å². The minimum atomic E-state index is 0.423. The van der Waals surface area contributed by atoms with Gasteiger partial charge in [-0.05, 0) is 36.9 Å². The Morgan fingerprint density at radius 3 is 2.43 bits per heavy atom. The van der Waals surface area contributed by atoms with E-state index in [1.807, 2.05) is 0 Å². The molecule has 1 heterocycles. The standard InChI is InChI=1S/C11H21NOS/c1-2-14-11(9-12)7-10(8-11)3-5-13-6-4-10/h2-9,12H2,1H3. The van der Waals surface area contributed by atoms with E-state index in [1.165, 1.54) is 31.4 Å². The van der Waals surface area contributed by atoms with Gasteiger partial charge in [-0.25, -0.2) is 0 Å². The molecule has 2 N–H and O–H groups in total. The van der Waals surface area contributed by atoms with Crippen molar-refractivity contribution in [2.24, 2.45) is 11.1 Å². The normalized spacial score (nSPS) is 28.7. The third kappa shape index (κ3) is 1.82. The Balaban J connectivity index is 1.91. The summed E-state index contributed by atoms with van der Waals surface area (Å²) in [7, 11) is 0. The molecule has 0 bridgehead atoms. The summed E-state index contributed by atoms with van der Waals surface area (Å²) in [5.74, 6) is 1.20. The minimum Gasteiger partial charge on any atom is -0.381 e. The average molecular weight is 215 g/mol. The molecule has 0 unspecified atom stereocenters. The molecule has 2 rings (SSSR count). The molecule has 2 nitrogen and oxygen atoms in total. The topological polar surface area (TPSA) is 35.2 Å². The molecule has 1 spiro atoms. The van der Waals surface area contributed by atoms with Crippen LogP contribution in [0, 0.1) is 5.41 Å². The monoisotopic (exact) mass is 215 g/mol. The lowest BCUT2D eigenvalue weighted by atomic mass is 9.57. The van der Waals surface area contributed by atoms with Gasteiger partial charge in [0.05, 0.1) is 0 Å². The highest BCUT2D eigenvalue weighted by atomic mass is 32.2. The molecule has 82 valence electrons. The van der Waals surface area contributed by atoms with Gasteiger partial charge in [0.2, 0.25) is 0 Å². The minimum absolute atomic E-state index is 0.423. The lowest BCUT2D eigenvalue weighted by Crippen LogP contribution is -2.55. The van der Waals surface area contributed by atoms with E-state index in [-0.39, 0.29) is 0 Å². The van der Waals surface area contributed by atoms with Gasteiger partial charge in [-0.15, -0.1) is 0 Å². The summed E-state index contributed by atoms with van der Waals surface area (Å²) in [6.07, 6.45) is 5.19. The quantitative estimate of drug-likeness (QED) is 0.782. The van der Waals surface area contributed by atoms with E-state index < -0.39 is 0 Å². The van der Waals surface area contributed by atoms with Crippen molar-refractivity contribution >= 4 is 11.8 Å². The van der Waals surface area contributed by atoms with Gasteiger partial charge in [-0.2, -0.15) is 11.8 Å². The molecule has 1 aliphatic carbocycles. The van der Waals surface area contributed by atoms with E-state index >= 15 is 0 Å². The SMILES string of the molecule is CCSC1(CN)CC2(CCOCC2)C1. The molecular weight excluding hydrogens is 194 g/mol. The van der Waals surface area contributed by atoms with Gasteiger partial charge >= 0.3 is 0 Å². The zero-order chi connectivity index (χ0) is 10.1. The van der Waals surface area contributed by atoms with Crippen LogP contribution >= 0.6 is 11.8 Å². The van der Waals surface area contributed by atoms with E-state index in [2.05, 4.69) is 18.7 Å². The van der Waals surface area contributed by atoms with Crippen LogP contribution in [0.4, 0.5) is 0 Å². The summed E-state index contributed by atoms with van der Waals surface area (Å²) in [5, 5.41) is 0. The Kier molecular flexibility index (Phi) is 3.10. The van der Waals surface area contributed by atoms with Gasteiger partial charge in [0.1, 0.15) is 0 Å². The predicted octanol–water partition coefficient (Wildman–Crippen LogP) is 2.03. The highest BCUT2D eigenvalue weighted by Gasteiger charge is 2.53. The van der Waals surface area contributed by atoms with Gasteiger partial charge in [0, 0.05) is 24.5 Å². The molecule has 0 radical (unpaired) electrons. The van der Waals surface area contributed by atoms with Gasteiger partial charge in [0.15, 0.2) is 0 Å². The molecule has 1 aliphatic heterocycles. The van der Waals surface area contributed by atoms with Gasteiger partial charge in [0.25, 0.3) is 0 Å². The predicted molar refractivity (Wildman–Crippen MR) is 61.6 cm³/mol. The van der Waals surface area contributed by atoms with Crippen LogP contribution in [0.15, 0.2) is 0 Å². The first-order valence-electron chi connectivity index (χ1n) is 5.66. The molecule has 0 aromatic carbocycles.